The van der Waals surface area contributed by atoms with E-state index in [0.29, 0.717) is 11.8 Å². The van der Waals surface area contributed by atoms with Crippen LogP contribution in [0, 0.1) is 13.8 Å². The van der Waals surface area contributed by atoms with E-state index in [-0.39, 0.29) is 17.8 Å². The van der Waals surface area contributed by atoms with Gasteiger partial charge < -0.3 is 9.47 Å². The Morgan fingerprint density at radius 1 is 1.30 bits per heavy atom. The second-order valence-corrected chi connectivity index (χ2v) is 7.31. The minimum atomic E-state index is -0.254. The maximum Gasteiger partial charge on any atom is 0.316 e. The minimum Gasteiger partial charge on any atom is -0.458 e. The number of aryl methyl sites for hydroxylation is 2. The highest BCUT2D eigenvalue weighted by atomic mass is 32.2. The third-order valence-electron chi connectivity index (χ3n) is 2.88. The third-order valence-corrected chi connectivity index (χ3v) is 4.88. The summed E-state index contributed by atoms with van der Waals surface area (Å²) < 4.78 is 10.6. The summed E-state index contributed by atoms with van der Waals surface area (Å²) in [5.74, 6) is 1.81. The number of aromatic nitrogens is 2. The van der Waals surface area contributed by atoms with Crippen LogP contribution in [0.3, 0.4) is 0 Å². The lowest BCUT2D eigenvalue weighted by molar-refractivity contribution is -0.146. The highest BCUT2D eigenvalue weighted by Crippen LogP contribution is 2.15. The van der Waals surface area contributed by atoms with Crippen molar-refractivity contribution < 1.29 is 14.3 Å². The topological polar surface area (TPSA) is 61.3 Å². The highest BCUT2D eigenvalue weighted by Gasteiger charge is 2.15. The van der Waals surface area contributed by atoms with Crippen LogP contribution >= 0.6 is 23.5 Å². The van der Waals surface area contributed by atoms with Crippen molar-refractivity contribution >= 4 is 29.5 Å². The second kappa shape index (κ2) is 11.7. The lowest BCUT2D eigenvalue weighted by atomic mass is 10.4. The molecule has 0 spiro atoms. The molecule has 1 heterocycles. The molecule has 130 valence electrons. The number of nitrogens with zero attached hydrogens (tertiary/aromatic N) is 2. The summed E-state index contributed by atoms with van der Waals surface area (Å²) in [6.07, 6.45) is 2.15. The van der Waals surface area contributed by atoms with Gasteiger partial charge in [0.05, 0.1) is 12.4 Å². The van der Waals surface area contributed by atoms with Crippen LogP contribution in [0.2, 0.25) is 0 Å². The zero-order valence-corrected chi connectivity index (χ0v) is 16.0. The molecule has 1 aromatic heterocycles. The third kappa shape index (κ3) is 9.17. The van der Waals surface area contributed by atoms with Crippen LogP contribution in [-0.2, 0) is 14.3 Å². The normalized spacial score (nSPS) is 12.2. The Morgan fingerprint density at radius 2 is 2.00 bits per heavy atom. The van der Waals surface area contributed by atoms with Crippen molar-refractivity contribution in [1.82, 2.24) is 9.97 Å². The van der Waals surface area contributed by atoms with E-state index in [4.69, 9.17) is 9.47 Å². The molecule has 0 aromatic carbocycles. The molecule has 0 saturated carbocycles. The van der Waals surface area contributed by atoms with E-state index >= 15 is 0 Å². The fraction of sp³-hybridized carbons (Fsp3) is 0.688. The Balaban J connectivity index is 2.39. The molecule has 0 saturated heterocycles. The van der Waals surface area contributed by atoms with Gasteiger partial charge in [-0.1, -0.05) is 25.1 Å². The first-order valence-corrected chi connectivity index (χ1v) is 9.90. The Hall–Kier alpha value is -0.790. The lowest BCUT2D eigenvalue weighted by Gasteiger charge is -2.16. The van der Waals surface area contributed by atoms with Crippen molar-refractivity contribution in [2.45, 2.75) is 44.9 Å². The monoisotopic (exact) mass is 358 g/mol. The first-order chi connectivity index (χ1) is 11.0. The largest absolute Gasteiger partial charge is 0.458 e. The molecule has 0 aliphatic heterocycles. The van der Waals surface area contributed by atoms with Crippen molar-refractivity contribution in [1.29, 1.82) is 0 Å². The molecule has 7 heteroatoms. The van der Waals surface area contributed by atoms with Crippen LogP contribution in [0.4, 0.5) is 0 Å². The van der Waals surface area contributed by atoms with Gasteiger partial charge in [-0.2, -0.15) is 11.8 Å². The van der Waals surface area contributed by atoms with Crippen molar-refractivity contribution in [3.05, 3.63) is 17.5 Å². The first-order valence-electron chi connectivity index (χ1n) is 7.76. The van der Waals surface area contributed by atoms with Gasteiger partial charge in [0.15, 0.2) is 5.16 Å². The van der Waals surface area contributed by atoms with E-state index in [1.807, 2.05) is 19.9 Å². The average Bonchev–Trinajstić information content (AvgIpc) is 2.49. The molecule has 1 unspecified atom stereocenters. The molecule has 1 rings (SSSR count). The lowest BCUT2D eigenvalue weighted by Crippen LogP contribution is -2.26. The van der Waals surface area contributed by atoms with Gasteiger partial charge in [0.1, 0.15) is 6.10 Å². The fourth-order valence-electron chi connectivity index (χ4n) is 1.86. The summed E-state index contributed by atoms with van der Waals surface area (Å²) in [7, 11) is 1.62. The maximum atomic E-state index is 12.0. The zero-order valence-electron chi connectivity index (χ0n) is 14.3. The van der Waals surface area contributed by atoms with Gasteiger partial charge in [-0.15, -0.1) is 0 Å². The molecular weight excluding hydrogens is 332 g/mol. The molecule has 0 fully saturated rings. The first kappa shape index (κ1) is 20.3. The van der Waals surface area contributed by atoms with Gasteiger partial charge >= 0.3 is 5.97 Å². The second-order valence-electron chi connectivity index (χ2n) is 5.22. The van der Waals surface area contributed by atoms with E-state index < -0.39 is 0 Å². The number of carbonyl (C=O) groups is 1. The zero-order chi connectivity index (χ0) is 17.1. The Labute approximate surface area is 147 Å². The Kier molecular flexibility index (Phi) is 10.3. The SMILES string of the molecule is CCCCSCC(COC)OC(=O)CSc1nc(C)cc(C)n1. The summed E-state index contributed by atoms with van der Waals surface area (Å²) in [5, 5.41) is 0.611. The van der Waals surface area contributed by atoms with Crippen LogP contribution in [-0.4, -0.2) is 53.0 Å². The molecule has 0 N–H and O–H groups in total. The van der Waals surface area contributed by atoms with Gasteiger partial charge in [-0.05, 0) is 32.1 Å². The number of thioether (sulfide) groups is 2. The van der Waals surface area contributed by atoms with Crippen LogP contribution in [0.15, 0.2) is 11.2 Å². The average molecular weight is 359 g/mol. The van der Waals surface area contributed by atoms with Gasteiger partial charge in [0.2, 0.25) is 0 Å². The van der Waals surface area contributed by atoms with E-state index in [1.54, 1.807) is 18.9 Å². The number of esters is 1. The molecule has 23 heavy (non-hydrogen) atoms. The van der Waals surface area contributed by atoms with E-state index in [9.17, 15) is 4.79 Å². The maximum absolute atomic E-state index is 12.0. The van der Waals surface area contributed by atoms with Gasteiger partial charge in [-0.3, -0.25) is 4.79 Å². The van der Waals surface area contributed by atoms with Crippen molar-refractivity contribution in [2.24, 2.45) is 0 Å². The predicted molar refractivity (Wildman–Crippen MR) is 96.2 cm³/mol. The molecule has 0 bridgehead atoms. The summed E-state index contributed by atoms with van der Waals surface area (Å²) in [6, 6.07) is 1.91. The van der Waals surface area contributed by atoms with Crippen LogP contribution in [0.5, 0.6) is 0 Å². The number of rotatable bonds is 11. The molecule has 0 amide bonds. The smallest absolute Gasteiger partial charge is 0.316 e. The molecule has 5 nitrogen and oxygen atoms in total. The molecule has 1 atom stereocenters. The summed E-state index contributed by atoms with van der Waals surface area (Å²) >= 11 is 3.10. The summed E-state index contributed by atoms with van der Waals surface area (Å²) in [6.45, 7) is 6.42. The van der Waals surface area contributed by atoms with Gasteiger partial charge in [-0.25, -0.2) is 9.97 Å². The van der Waals surface area contributed by atoms with Crippen LogP contribution < -0.4 is 0 Å². The number of ether oxygens (including phenoxy) is 2. The summed E-state index contributed by atoms with van der Waals surface area (Å²) in [4.78, 5) is 20.6. The van der Waals surface area contributed by atoms with E-state index in [2.05, 4.69) is 16.9 Å². The fourth-order valence-corrected chi connectivity index (χ4v) is 3.68. The van der Waals surface area contributed by atoms with Crippen LogP contribution in [0.1, 0.15) is 31.2 Å². The Morgan fingerprint density at radius 3 is 2.61 bits per heavy atom. The minimum absolute atomic E-state index is 0.199. The van der Waals surface area contributed by atoms with Crippen molar-refractivity contribution in [3.63, 3.8) is 0 Å². The van der Waals surface area contributed by atoms with Crippen molar-refractivity contribution in [2.75, 3.05) is 31.0 Å². The molecule has 1 aromatic rings. The van der Waals surface area contributed by atoms with Crippen LogP contribution in [0.25, 0.3) is 0 Å². The number of carbonyl (C=O) groups excluding carboxylic acids is 1. The Bertz CT molecular complexity index is 466. The molecular formula is C16H26N2O3S2. The quantitative estimate of drug-likeness (QED) is 0.260. The number of methoxy groups -OCH3 is 1. The number of hydrogen-bond acceptors (Lipinski definition) is 7. The summed E-state index contributed by atoms with van der Waals surface area (Å²) in [5.41, 5.74) is 1.80. The number of hydrogen-bond donors (Lipinski definition) is 0. The predicted octanol–water partition coefficient (Wildman–Crippen LogP) is 3.28. The molecule has 0 radical (unpaired) electrons. The van der Waals surface area contributed by atoms with E-state index in [1.165, 1.54) is 24.6 Å². The van der Waals surface area contributed by atoms with Gasteiger partial charge in [0, 0.05) is 24.3 Å². The van der Waals surface area contributed by atoms with E-state index in [0.717, 1.165) is 22.9 Å². The molecule has 0 aliphatic rings. The standard InChI is InChI=1S/C16H26N2O3S2/c1-5-6-7-22-10-14(9-20-4)21-15(19)11-23-16-17-12(2)8-13(3)18-16/h8,14H,5-7,9-11H2,1-4H3. The number of unbranched alkanes of at least 4 members (excludes halogenated alkanes) is 1. The van der Waals surface area contributed by atoms with Gasteiger partial charge in [0.25, 0.3) is 0 Å². The van der Waals surface area contributed by atoms with Crippen molar-refractivity contribution in [3.8, 4) is 0 Å². The molecule has 0 aliphatic carbocycles. The highest BCUT2D eigenvalue weighted by molar-refractivity contribution is 7.99.